The number of halogens is 1. The Morgan fingerprint density at radius 1 is 1.38 bits per heavy atom. The second-order valence-electron chi connectivity index (χ2n) is 3.63. The molecule has 0 fully saturated rings. The standard InChI is InChI=1S/C12H16FNO2/c13-11-5-1-3-10(9-11)4-2-7-14-8-6-12(15)16/h1,3,5,9,14H,2,4,6-8H2,(H,15,16). The lowest BCUT2D eigenvalue weighted by molar-refractivity contribution is -0.136. The Labute approximate surface area is 94.3 Å². The van der Waals surface area contributed by atoms with Crippen molar-refractivity contribution in [2.45, 2.75) is 19.3 Å². The molecule has 0 aliphatic carbocycles. The summed E-state index contributed by atoms with van der Waals surface area (Å²) in [5, 5.41) is 11.4. The summed E-state index contributed by atoms with van der Waals surface area (Å²) in [6.45, 7) is 1.24. The van der Waals surface area contributed by atoms with Crippen molar-refractivity contribution in [3.8, 4) is 0 Å². The van der Waals surface area contributed by atoms with E-state index in [2.05, 4.69) is 5.32 Å². The Bertz CT molecular complexity index is 342. The number of nitrogens with one attached hydrogen (secondary N) is 1. The van der Waals surface area contributed by atoms with Gasteiger partial charge in [-0.2, -0.15) is 0 Å². The quantitative estimate of drug-likeness (QED) is 0.696. The molecule has 0 amide bonds. The maximum absolute atomic E-state index is 12.8. The van der Waals surface area contributed by atoms with Crippen molar-refractivity contribution in [3.05, 3.63) is 35.6 Å². The zero-order valence-corrected chi connectivity index (χ0v) is 9.08. The van der Waals surface area contributed by atoms with Gasteiger partial charge in [0.2, 0.25) is 0 Å². The van der Waals surface area contributed by atoms with Crippen LogP contribution in [-0.2, 0) is 11.2 Å². The predicted molar refractivity (Wildman–Crippen MR) is 59.8 cm³/mol. The minimum atomic E-state index is -0.794. The predicted octanol–water partition coefficient (Wildman–Crippen LogP) is 1.82. The molecule has 1 rings (SSSR count). The van der Waals surface area contributed by atoms with E-state index in [1.165, 1.54) is 12.1 Å². The first kappa shape index (κ1) is 12.6. The Morgan fingerprint density at radius 3 is 2.88 bits per heavy atom. The summed E-state index contributed by atoms with van der Waals surface area (Å²) in [6, 6.07) is 6.54. The first-order chi connectivity index (χ1) is 7.68. The minimum Gasteiger partial charge on any atom is -0.481 e. The van der Waals surface area contributed by atoms with Crippen molar-refractivity contribution in [1.29, 1.82) is 0 Å². The molecule has 0 radical (unpaired) electrons. The molecule has 1 aromatic carbocycles. The van der Waals surface area contributed by atoms with Crippen molar-refractivity contribution in [2.24, 2.45) is 0 Å². The molecule has 0 heterocycles. The smallest absolute Gasteiger partial charge is 0.304 e. The van der Waals surface area contributed by atoms with Gasteiger partial charge in [-0.25, -0.2) is 4.39 Å². The Morgan fingerprint density at radius 2 is 2.19 bits per heavy atom. The molecule has 0 unspecified atom stereocenters. The van der Waals surface area contributed by atoms with Crippen molar-refractivity contribution >= 4 is 5.97 Å². The summed E-state index contributed by atoms with van der Waals surface area (Å²) in [5.74, 6) is -1.01. The van der Waals surface area contributed by atoms with Crippen LogP contribution in [0.1, 0.15) is 18.4 Å². The lowest BCUT2D eigenvalue weighted by Gasteiger charge is -2.03. The summed E-state index contributed by atoms with van der Waals surface area (Å²) in [6.07, 6.45) is 1.82. The van der Waals surface area contributed by atoms with E-state index < -0.39 is 5.97 Å². The van der Waals surface area contributed by atoms with Gasteiger partial charge < -0.3 is 10.4 Å². The Kier molecular flexibility index (Phi) is 5.50. The number of rotatable bonds is 7. The van der Waals surface area contributed by atoms with Crippen LogP contribution in [0.4, 0.5) is 4.39 Å². The molecular formula is C12H16FNO2. The fraction of sp³-hybridized carbons (Fsp3) is 0.417. The van der Waals surface area contributed by atoms with Crippen LogP contribution < -0.4 is 5.32 Å². The molecule has 0 aliphatic rings. The van der Waals surface area contributed by atoms with Gasteiger partial charge in [0.1, 0.15) is 5.82 Å². The highest BCUT2D eigenvalue weighted by Crippen LogP contribution is 2.05. The highest BCUT2D eigenvalue weighted by molar-refractivity contribution is 5.66. The van der Waals surface area contributed by atoms with E-state index in [4.69, 9.17) is 5.11 Å². The van der Waals surface area contributed by atoms with E-state index in [1.807, 2.05) is 6.07 Å². The summed E-state index contributed by atoms with van der Waals surface area (Å²) < 4.78 is 12.8. The number of aliphatic carboxylic acids is 1. The van der Waals surface area contributed by atoms with Gasteiger partial charge in [0.15, 0.2) is 0 Å². The first-order valence-electron chi connectivity index (χ1n) is 5.35. The third-order valence-corrected chi connectivity index (χ3v) is 2.22. The topological polar surface area (TPSA) is 49.3 Å². The lowest BCUT2D eigenvalue weighted by atomic mass is 10.1. The maximum atomic E-state index is 12.8. The van der Waals surface area contributed by atoms with Gasteiger partial charge in [-0.15, -0.1) is 0 Å². The molecule has 4 heteroatoms. The molecule has 88 valence electrons. The largest absolute Gasteiger partial charge is 0.481 e. The van der Waals surface area contributed by atoms with E-state index in [1.54, 1.807) is 6.07 Å². The van der Waals surface area contributed by atoms with Gasteiger partial charge in [-0.3, -0.25) is 4.79 Å². The van der Waals surface area contributed by atoms with Gasteiger partial charge >= 0.3 is 5.97 Å². The van der Waals surface area contributed by atoms with Crippen LogP contribution in [0.3, 0.4) is 0 Å². The zero-order chi connectivity index (χ0) is 11.8. The van der Waals surface area contributed by atoms with Gasteiger partial charge in [0.25, 0.3) is 0 Å². The van der Waals surface area contributed by atoms with Crippen LogP contribution in [0.15, 0.2) is 24.3 Å². The van der Waals surface area contributed by atoms with E-state index in [0.717, 1.165) is 24.9 Å². The summed E-state index contributed by atoms with van der Waals surface area (Å²) in [4.78, 5) is 10.2. The second-order valence-corrected chi connectivity index (χ2v) is 3.63. The fourth-order valence-corrected chi connectivity index (χ4v) is 1.43. The normalized spacial score (nSPS) is 10.3. The molecule has 1 aromatic rings. The van der Waals surface area contributed by atoms with E-state index in [-0.39, 0.29) is 12.2 Å². The van der Waals surface area contributed by atoms with Gasteiger partial charge in [0.05, 0.1) is 6.42 Å². The van der Waals surface area contributed by atoms with Crippen LogP contribution in [0.2, 0.25) is 0 Å². The summed E-state index contributed by atoms with van der Waals surface area (Å²) >= 11 is 0. The number of carbonyl (C=O) groups is 1. The molecule has 0 atom stereocenters. The molecule has 0 bridgehead atoms. The van der Waals surface area contributed by atoms with Crippen molar-refractivity contribution in [1.82, 2.24) is 5.32 Å². The Balaban J connectivity index is 2.09. The highest BCUT2D eigenvalue weighted by Gasteiger charge is 1.97. The average Bonchev–Trinajstić information content (AvgIpc) is 2.23. The summed E-state index contributed by atoms with van der Waals surface area (Å²) in [7, 11) is 0. The number of carboxylic acid groups (broad SMARTS) is 1. The maximum Gasteiger partial charge on any atom is 0.304 e. The third-order valence-electron chi connectivity index (χ3n) is 2.22. The van der Waals surface area contributed by atoms with Crippen molar-refractivity contribution < 1.29 is 14.3 Å². The van der Waals surface area contributed by atoms with E-state index in [0.29, 0.717) is 6.54 Å². The van der Waals surface area contributed by atoms with Crippen molar-refractivity contribution in [2.75, 3.05) is 13.1 Å². The lowest BCUT2D eigenvalue weighted by Crippen LogP contribution is -2.19. The zero-order valence-electron chi connectivity index (χ0n) is 9.08. The van der Waals surface area contributed by atoms with Gasteiger partial charge in [-0.05, 0) is 37.1 Å². The van der Waals surface area contributed by atoms with Gasteiger partial charge in [-0.1, -0.05) is 12.1 Å². The van der Waals surface area contributed by atoms with Crippen LogP contribution in [0, 0.1) is 5.82 Å². The molecular weight excluding hydrogens is 209 g/mol. The molecule has 3 nitrogen and oxygen atoms in total. The van der Waals surface area contributed by atoms with Crippen LogP contribution in [0.25, 0.3) is 0 Å². The second kappa shape index (κ2) is 6.95. The first-order valence-corrected chi connectivity index (χ1v) is 5.35. The number of aryl methyl sites for hydroxylation is 1. The molecule has 0 spiro atoms. The molecule has 0 saturated carbocycles. The number of hydrogen-bond donors (Lipinski definition) is 2. The minimum absolute atomic E-state index is 0.139. The fourth-order valence-electron chi connectivity index (χ4n) is 1.43. The third kappa shape index (κ3) is 5.46. The average molecular weight is 225 g/mol. The van der Waals surface area contributed by atoms with Crippen LogP contribution >= 0.6 is 0 Å². The van der Waals surface area contributed by atoms with E-state index in [9.17, 15) is 9.18 Å². The molecule has 0 aliphatic heterocycles. The van der Waals surface area contributed by atoms with Crippen molar-refractivity contribution in [3.63, 3.8) is 0 Å². The van der Waals surface area contributed by atoms with Crippen LogP contribution in [0.5, 0.6) is 0 Å². The number of hydrogen-bond acceptors (Lipinski definition) is 2. The summed E-state index contributed by atoms with van der Waals surface area (Å²) in [5.41, 5.74) is 0.972. The molecule has 16 heavy (non-hydrogen) atoms. The SMILES string of the molecule is O=C(O)CCNCCCc1cccc(F)c1. The number of benzene rings is 1. The number of carboxylic acids is 1. The molecule has 0 saturated heterocycles. The molecule has 0 aromatic heterocycles. The monoisotopic (exact) mass is 225 g/mol. The highest BCUT2D eigenvalue weighted by atomic mass is 19.1. The molecule has 2 N–H and O–H groups in total. The van der Waals surface area contributed by atoms with Gasteiger partial charge in [0, 0.05) is 6.54 Å². The van der Waals surface area contributed by atoms with Crippen LogP contribution in [-0.4, -0.2) is 24.2 Å². The van der Waals surface area contributed by atoms with E-state index >= 15 is 0 Å². The Hall–Kier alpha value is -1.42.